The average Bonchev–Trinajstić information content (AvgIpc) is 3.42. The predicted molar refractivity (Wildman–Crippen MR) is 126 cm³/mol. The molecule has 0 saturated carbocycles. The number of hydrogen-bond donors (Lipinski definition) is 1. The van der Waals surface area contributed by atoms with Gasteiger partial charge in [0.1, 0.15) is 5.82 Å². The third-order valence-electron chi connectivity index (χ3n) is 5.52. The summed E-state index contributed by atoms with van der Waals surface area (Å²) < 4.78 is 15.8. The number of pyridine rings is 2. The summed E-state index contributed by atoms with van der Waals surface area (Å²) in [6.07, 6.45) is 5.49. The van der Waals surface area contributed by atoms with E-state index in [1.165, 1.54) is 6.07 Å². The normalized spacial score (nSPS) is 18.1. The first kappa shape index (κ1) is 20.6. The minimum absolute atomic E-state index is 0.0776. The average molecular weight is 464 g/mol. The molecular weight excluding hydrogens is 445 g/mol. The highest BCUT2D eigenvalue weighted by Crippen LogP contribution is 2.40. The number of halogens is 2. The van der Waals surface area contributed by atoms with E-state index < -0.39 is 5.82 Å². The number of rotatable bonds is 5. The largest absolute Gasteiger partial charge is 0.352 e. The standard InChI is InChI=1S/C24H19ClFN5S/c25-18-14-17(9-10-19(18)26)30-13-5-8-21(30)23-22(20-7-2-4-12-28-20)29-24(32)31(23)15-16-6-1-3-11-27-16/h1-14,22-23H,15H2,(H,29,32). The van der Waals surface area contributed by atoms with Gasteiger partial charge >= 0.3 is 0 Å². The van der Waals surface area contributed by atoms with Crippen molar-refractivity contribution in [3.63, 3.8) is 0 Å². The van der Waals surface area contributed by atoms with Crippen LogP contribution in [-0.4, -0.2) is 24.5 Å². The molecule has 1 aliphatic heterocycles. The van der Waals surface area contributed by atoms with Crippen LogP contribution < -0.4 is 5.32 Å². The first-order chi connectivity index (χ1) is 15.6. The third-order valence-corrected chi connectivity index (χ3v) is 6.16. The number of benzene rings is 1. The van der Waals surface area contributed by atoms with E-state index in [-0.39, 0.29) is 17.1 Å². The van der Waals surface area contributed by atoms with Crippen LogP contribution in [0.2, 0.25) is 5.02 Å². The molecule has 5 nitrogen and oxygen atoms in total. The van der Waals surface area contributed by atoms with Crippen molar-refractivity contribution in [2.45, 2.75) is 18.6 Å². The highest BCUT2D eigenvalue weighted by atomic mass is 35.5. The van der Waals surface area contributed by atoms with Gasteiger partial charge in [0, 0.05) is 30.0 Å². The fourth-order valence-electron chi connectivity index (χ4n) is 4.07. The summed E-state index contributed by atoms with van der Waals surface area (Å²) in [5, 5.41) is 4.15. The Labute approximate surface area is 195 Å². The highest BCUT2D eigenvalue weighted by molar-refractivity contribution is 7.80. The van der Waals surface area contributed by atoms with Crippen LogP contribution in [0.5, 0.6) is 0 Å². The third kappa shape index (κ3) is 3.85. The Balaban J connectivity index is 1.61. The van der Waals surface area contributed by atoms with Gasteiger partial charge in [-0.3, -0.25) is 9.97 Å². The lowest BCUT2D eigenvalue weighted by Gasteiger charge is -2.28. The van der Waals surface area contributed by atoms with Crippen LogP contribution in [0.1, 0.15) is 29.2 Å². The lowest BCUT2D eigenvalue weighted by molar-refractivity contribution is 0.299. The molecule has 0 spiro atoms. The van der Waals surface area contributed by atoms with Gasteiger partial charge in [0.2, 0.25) is 0 Å². The Morgan fingerprint density at radius 2 is 1.81 bits per heavy atom. The maximum Gasteiger partial charge on any atom is 0.170 e. The van der Waals surface area contributed by atoms with E-state index in [0.29, 0.717) is 11.7 Å². The van der Waals surface area contributed by atoms with Crippen LogP contribution in [0, 0.1) is 5.82 Å². The molecule has 8 heteroatoms. The first-order valence-electron chi connectivity index (χ1n) is 10.1. The van der Waals surface area contributed by atoms with Gasteiger partial charge in [-0.05, 0) is 66.8 Å². The fraction of sp³-hybridized carbons (Fsp3) is 0.125. The van der Waals surface area contributed by atoms with Gasteiger partial charge in [0.25, 0.3) is 0 Å². The van der Waals surface area contributed by atoms with Crippen molar-refractivity contribution in [1.82, 2.24) is 24.8 Å². The Hall–Kier alpha value is -3.29. The molecule has 0 radical (unpaired) electrons. The SMILES string of the molecule is Fc1ccc(-n2cccc2C2C(c3ccccn3)NC(=S)N2Cc2ccccn2)cc1Cl. The van der Waals surface area contributed by atoms with Gasteiger partial charge in [0.05, 0.1) is 35.0 Å². The molecule has 0 aliphatic carbocycles. The van der Waals surface area contributed by atoms with E-state index in [2.05, 4.69) is 20.2 Å². The number of nitrogens with one attached hydrogen (secondary N) is 1. The van der Waals surface area contributed by atoms with E-state index in [4.69, 9.17) is 23.8 Å². The Bertz CT molecular complexity index is 1250. The van der Waals surface area contributed by atoms with Gasteiger partial charge in [-0.25, -0.2) is 4.39 Å². The minimum atomic E-state index is -0.448. The molecule has 4 aromatic rings. The van der Waals surface area contributed by atoms with Crippen molar-refractivity contribution in [2.75, 3.05) is 0 Å². The van der Waals surface area contributed by atoms with E-state index >= 15 is 0 Å². The van der Waals surface area contributed by atoms with Crippen LogP contribution in [0.15, 0.2) is 85.3 Å². The van der Waals surface area contributed by atoms with Crippen molar-refractivity contribution in [2.24, 2.45) is 0 Å². The summed E-state index contributed by atoms with van der Waals surface area (Å²) in [7, 11) is 0. The molecule has 0 bridgehead atoms. The summed E-state index contributed by atoms with van der Waals surface area (Å²) in [6, 6.07) is 20.0. The molecule has 1 N–H and O–H groups in total. The summed E-state index contributed by atoms with van der Waals surface area (Å²) in [5.41, 5.74) is 3.54. The van der Waals surface area contributed by atoms with Crippen molar-refractivity contribution >= 4 is 28.9 Å². The second-order valence-corrected chi connectivity index (χ2v) is 8.27. The molecule has 3 aromatic heterocycles. The van der Waals surface area contributed by atoms with Gasteiger partial charge < -0.3 is 14.8 Å². The van der Waals surface area contributed by atoms with E-state index in [1.54, 1.807) is 24.5 Å². The number of thiocarbonyl (C=S) groups is 1. The van der Waals surface area contributed by atoms with Crippen LogP contribution in [0.25, 0.3) is 5.69 Å². The maximum absolute atomic E-state index is 13.8. The Kier molecular flexibility index (Phi) is 5.59. The Morgan fingerprint density at radius 3 is 2.53 bits per heavy atom. The second-order valence-electron chi connectivity index (χ2n) is 7.48. The molecule has 2 unspecified atom stereocenters. The molecule has 32 heavy (non-hydrogen) atoms. The summed E-state index contributed by atoms with van der Waals surface area (Å²) in [5.74, 6) is -0.448. The second kappa shape index (κ2) is 8.68. The summed E-state index contributed by atoms with van der Waals surface area (Å²) in [4.78, 5) is 11.2. The summed E-state index contributed by atoms with van der Waals surface area (Å²) in [6.45, 7) is 0.538. The molecule has 160 valence electrons. The summed E-state index contributed by atoms with van der Waals surface area (Å²) >= 11 is 11.8. The van der Waals surface area contributed by atoms with Crippen molar-refractivity contribution < 1.29 is 4.39 Å². The van der Waals surface area contributed by atoms with Gasteiger partial charge in [0.15, 0.2) is 5.11 Å². The van der Waals surface area contributed by atoms with Crippen molar-refractivity contribution in [3.05, 3.63) is 113 Å². The molecule has 5 rings (SSSR count). The van der Waals surface area contributed by atoms with E-state index in [1.807, 2.05) is 59.3 Å². The van der Waals surface area contributed by atoms with Crippen LogP contribution in [0.4, 0.5) is 4.39 Å². The van der Waals surface area contributed by atoms with Gasteiger partial charge in [-0.2, -0.15) is 0 Å². The molecule has 4 heterocycles. The zero-order chi connectivity index (χ0) is 22.1. The minimum Gasteiger partial charge on any atom is -0.352 e. The molecule has 1 aliphatic rings. The lowest BCUT2D eigenvalue weighted by Crippen LogP contribution is -2.30. The zero-order valence-electron chi connectivity index (χ0n) is 16.9. The highest BCUT2D eigenvalue weighted by Gasteiger charge is 2.41. The van der Waals surface area contributed by atoms with Crippen molar-refractivity contribution in [1.29, 1.82) is 0 Å². The fourth-order valence-corrected chi connectivity index (χ4v) is 4.55. The van der Waals surface area contributed by atoms with Crippen LogP contribution in [0.3, 0.4) is 0 Å². The molecular formula is C24H19ClFN5S. The quantitative estimate of drug-likeness (QED) is 0.410. The van der Waals surface area contributed by atoms with E-state index in [0.717, 1.165) is 22.8 Å². The molecule has 1 fully saturated rings. The number of hydrogen-bond acceptors (Lipinski definition) is 3. The van der Waals surface area contributed by atoms with Crippen LogP contribution in [-0.2, 0) is 6.54 Å². The molecule has 0 amide bonds. The topological polar surface area (TPSA) is 46.0 Å². The smallest absolute Gasteiger partial charge is 0.170 e. The van der Waals surface area contributed by atoms with Crippen LogP contribution >= 0.6 is 23.8 Å². The maximum atomic E-state index is 13.8. The van der Waals surface area contributed by atoms with E-state index in [9.17, 15) is 4.39 Å². The van der Waals surface area contributed by atoms with Gasteiger partial charge in [-0.1, -0.05) is 23.7 Å². The van der Waals surface area contributed by atoms with Gasteiger partial charge in [-0.15, -0.1) is 0 Å². The first-order valence-corrected chi connectivity index (χ1v) is 10.9. The number of nitrogens with zero attached hydrogens (tertiary/aromatic N) is 4. The zero-order valence-corrected chi connectivity index (χ0v) is 18.5. The molecule has 1 aromatic carbocycles. The van der Waals surface area contributed by atoms with Crippen molar-refractivity contribution in [3.8, 4) is 5.69 Å². The number of aromatic nitrogens is 3. The predicted octanol–water partition coefficient (Wildman–Crippen LogP) is 5.23. The molecule has 2 atom stereocenters. The Morgan fingerprint density at radius 1 is 1.00 bits per heavy atom. The lowest BCUT2D eigenvalue weighted by atomic mass is 10.0. The molecule has 1 saturated heterocycles. The monoisotopic (exact) mass is 463 g/mol.